The lowest BCUT2D eigenvalue weighted by Crippen LogP contribution is -2.51. The number of non-ortho nitro benzene ring substituents is 1. The fourth-order valence-corrected chi connectivity index (χ4v) is 3.95. The van der Waals surface area contributed by atoms with Crippen molar-refractivity contribution >= 4 is 17.3 Å². The zero-order chi connectivity index (χ0) is 18.5. The summed E-state index contributed by atoms with van der Waals surface area (Å²) in [5, 5.41) is 14.1. The van der Waals surface area contributed by atoms with Crippen LogP contribution in [-0.4, -0.2) is 54.5 Å². The quantitative estimate of drug-likeness (QED) is 0.644. The third-order valence-corrected chi connectivity index (χ3v) is 5.60. The molecule has 0 radical (unpaired) electrons. The Kier molecular flexibility index (Phi) is 6.08. The summed E-state index contributed by atoms with van der Waals surface area (Å²) in [6, 6.07) is 7.07. The molecule has 2 aliphatic rings. The number of hydrogen-bond acceptors (Lipinski definition) is 5. The first-order valence-electron chi connectivity index (χ1n) is 9.54. The molecule has 7 nitrogen and oxygen atoms in total. The van der Waals surface area contributed by atoms with Crippen LogP contribution in [0.15, 0.2) is 24.3 Å². The fourth-order valence-electron chi connectivity index (χ4n) is 3.95. The minimum Gasteiger partial charge on any atom is -0.369 e. The number of anilines is 1. The Balaban J connectivity index is 1.47. The molecule has 1 N–H and O–H groups in total. The van der Waals surface area contributed by atoms with Crippen molar-refractivity contribution in [3.63, 3.8) is 0 Å². The smallest absolute Gasteiger partial charge is 0.271 e. The molecule has 0 bridgehead atoms. The summed E-state index contributed by atoms with van der Waals surface area (Å²) in [5.41, 5.74) is 0.991. The normalized spacial score (nSPS) is 24.3. The third-order valence-electron chi connectivity index (χ3n) is 5.60. The molecule has 1 amide bonds. The van der Waals surface area contributed by atoms with Crippen molar-refractivity contribution in [2.24, 2.45) is 5.92 Å². The maximum atomic E-state index is 12.4. The van der Waals surface area contributed by atoms with Gasteiger partial charge in [-0.15, -0.1) is 0 Å². The molecule has 3 rings (SSSR count). The van der Waals surface area contributed by atoms with E-state index in [4.69, 9.17) is 0 Å². The Bertz CT molecular complexity index is 643. The molecule has 1 saturated heterocycles. The van der Waals surface area contributed by atoms with E-state index in [1.165, 1.54) is 25.3 Å². The lowest BCUT2D eigenvalue weighted by Gasteiger charge is -2.36. The van der Waals surface area contributed by atoms with Gasteiger partial charge in [-0.05, 0) is 24.8 Å². The second-order valence-corrected chi connectivity index (χ2v) is 7.48. The Labute approximate surface area is 154 Å². The number of rotatable bonds is 5. The predicted molar refractivity (Wildman–Crippen MR) is 101 cm³/mol. The summed E-state index contributed by atoms with van der Waals surface area (Å²) in [4.78, 5) is 27.2. The van der Waals surface area contributed by atoms with Crippen molar-refractivity contribution in [3.05, 3.63) is 34.4 Å². The number of carbonyl (C=O) groups excluding carboxylic acids is 1. The van der Waals surface area contributed by atoms with Gasteiger partial charge in [0.25, 0.3) is 5.69 Å². The molecule has 0 aromatic heterocycles. The Morgan fingerprint density at radius 2 is 1.96 bits per heavy atom. The van der Waals surface area contributed by atoms with E-state index in [-0.39, 0.29) is 16.5 Å². The van der Waals surface area contributed by atoms with Gasteiger partial charge in [0.05, 0.1) is 11.5 Å². The van der Waals surface area contributed by atoms with Crippen molar-refractivity contribution < 1.29 is 9.72 Å². The third kappa shape index (κ3) is 4.72. The Morgan fingerprint density at radius 1 is 1.23 bits per heavy atom. The van der Waals surface area contributed by atoms with Crippen LogP contribution < -0.4 is 10.2 Å². The van der Waals surface area contributed by atoms with Gasteiger partial charge in [0, 0.05) is 50.0 Å². The van der Waals surface area contributed by atoms with Gasteiger partial charge in [0.15, 0.2) is 0 Å². The molecular formula is C19H28N4O3. The summed E-state index contributed by atoms with van der Waals surface area (Å²) in [6.07, 6.45) is 4.77. The second-order valence-electron chi connectivity index (χ2n) is 7.48. The van der Waals surface area contributed by atoms with E-state index < -0.39 is 0 Å². The largest absolute Gasteiger partial charge is 0.369 e. The van der Waals surface area contributed by atoms with Gasteiger partial charge in [0.2, 0.25) is 5.91 Å². The standard InChI is InChI=1S/C19H28N4O3/c1-15-5-2-3-8-18(15)20-19(24)14-21-9-11-22(12-10-21)16-6-4-7-17(13-16)23(25)26/h4,6-7,13,15,18H,2-3,5,8-12,14H2,1H3,(H,20,24). The van der Waals surface area contributed by atoms with E-state index >= 15 is 0 Å². The van der Waals surface area contributed by atoms with Crippen molar-refractivity contribution in [1.82, 2.24) is 10.2 Å². The summed E-state index contributed by atoms with van der Waals surface area (Å²) in [7, 11) is 0. The first-order chi connectivity index (χ1) is 12.5. The van der Waals surface area contributed by atoms with Crippen LogP contribution in [0.3, 0.4) is 0 Å². The molecule has 26 heavy (non-hydrogen) atoms. The van der Waals surface area contributed by atoms with Gasteiger partial charge in [-0.3, -0.25) is 19.8 Å². The number of nitrogens with zero attached hydrogens (tertiary/aromatic N) is 3. The van der Waals surface area contributed by atoms with Crippen LogP contribution in [0.2, 0.25) is 0 Å². The topological polar surface area (TPSA) is 78.7 Å². The monoisotopic (exact) mass is 360 g/mol. The van der Waals surface area contributed by atoms with Crippen LogP contribution in [-0.2, 0) is 4.79 Å². The number of nitrogens with one attached hydrogen (secondary N) is 1. The fraction of sp³-hybridized carbons (Fsp3) is 0.632. The molecule has 1 aromatic carbocycles. The molecule has 1 aliphatic heterocycles. The van der Waals surface area contributed by atoms with E-state index in [1.54, 1.807) is 12.1 Å². The molecule has 2 fully saturated rings. The minimum absolute atomic E-state index is 0.117. The van der Waals surface area contributed by atoms with E-state index in [0.29, 0.717) is 18.5 Å². The van der Waals surface area contributed by atoms with Crippen molar-refractivity contribution in [3.8, 4) is 0 Å². The maximum Gasteiger partial charge on any atom is 0.271 e. The number of nitro benzene ring substituents is 1. The van der Waals surface area contributed by atoms with E-state index in [1.807, 2.05) is 6.07 Å². The summed E-state index contributed by atoms with van der Waals surface area (Å²) >= 11 is 0. The van der Waals surface area contributed by atoms with Crippen LogP contribution in [0.5, 0.6) is 0 Å². The van der Waals surface area contributed by atoms with Gasteiger partial charge in [-0.25, -0.2) is 0 Å². The zero-order valence-electron chi connectivity index (χ0n) is 15.4. The number of carbonyl (C=O) groups is 1. The molecule has 1 heterocycles. The van der Waals surface area contributed by atoms with Crippen molar-refractivity contribution in [2.75, 3.05) is 37.6 Å². The van der Waals surface area contributed by atoms with Gasteiger partial charge < -0.3 is 10.2 Å². The maximum absolute atomic E-state index is 12.4. The number of piperazine rings is 1. The van der Waals surface area contributed by atoms with Gasteiger partial charge in [-0.1, -0.05) is 25.8 Å². The van der Waals surface area contributed by atoms with E-state index in [9.17, 15) is 14.9 Å². The molecule has 1 saturated carbocycles. The van der Waals surface area contributed by atoms with E-state index in [0.717, 1.165) is 38.3 Å². The van der Waals surface area contributed by atoms with Crippen LogP contribution in [0.25, 0.3) is 0 Å². The molecule has 0 spiro atoms. The minimum atomic E-state index is -0.365. The zero-order valence-corrected chi connectivity index (χ0v) is 15.4. The number of hydrogen-bond donors (Lipinski definition) is 1. The molecule has 2 unspecified atom stereocenters. The molecular weight excluding hydrogens is 332 g/mol. The molecule has 142 valence electrons. The van der Waals surface area contributed by atoms with Crippen LogP contribution in [0, 0.1) is 16.0 Å². The van der Waals surface area contributed by atoms with Crippen LogP contribution in [0.1, 0.15) is 32.6 Å². The number of amides is 1. The number of nitro groups is 1. The highest BCUT2D eigenvalue weighted by atomic mass is 16.6. The molecule has 1 aromatic rings. The Morgan fingerprint density at radius 3 is 2.65 bits per heavy atom. The predicted octanol–water partition coefficient (Wildman–Crippen LogP) is 2.41. The molecule has 1 aliphatic carbocycles. The number of benzene rings is 1. The average Bonchev–Trinajstić information content (AvgIpc) is 2.64. The van der Waals surface area contributed by atoms with Gasteiger partial charge >= 0.3 is 0 Å². The lowest BCUT2D eigenvalue weighted by atomic mass is 9.86. The first-order valence-corrected chi connectivity index (χ1v) is 9.54. The highest BCUT2D eigenvalue weighted by Crippen LogP contribution is 2.24. The first kappa shape index (κ1) is 18.6. The van der Waals surface area contributed by atoms with Crippen molar-refractivity contribution in [2.45, 2.75) is 38.6 Å². The highest BCUT2D eigenvalue weighted by Gasteiger charge is 2.25. The molecule has 2 atom stereocenters. The van der Waals surface area contributed by atoms with Crippen LogP contribution >= 0.6 is 0 Å². The van der Waals surface area contributed by atoms with Gasteiger partial charge in [-0.2, -0.15) is 0 Å². The lowest BCUT2D eigenvalue weighted by molar-refractivity contribution is -0.384. The highest BCUT2D eigenvalue weighted by molar-refractivity contribution is 5.78. The SMILES string of the molecule is CC1CCCCC1NC(=O)CN1CCN(c2cccc([N+](=O)[O-])c2)CC1. The van der Waals surface area contributed by atoms with Gasteiger partial charge in [0.1, 0.15) is 0 Å². The van der Waals surface area contributed by atoms with Crippen molar-refractivity contribution in [1.29, 1.82) is 0 Å². The summed E-state index contributed by atoms with van der Waals surface area (Å²) < 4.78 is 0. The van der Waals surface area contributed by atoms with E-state index in [2.05, 4.69) is 22.0 Å². The Hall–Kier alpha value is -2.15. The molecule has 7 heteroatoms. The van der Waals surface area contributed by atoms with Crippen LogP contribution in [0.4, 0.5) is 11.4 Å². The summed E-state index contributed by atoms with van der Waals surface area (Å²) in [6.45, 7) is 5.78. The second kappa shape index (κ2) is 8.49. The average molecular weight is 360 g/mol. The summed E-state index contributed by atoms with van der Waals surface area (Å²) in [5.74, 6) is 0.686.